The number of hydrogen-bond donors (Lipinski definition) is 3. The van der Waals surface area contributed by atoms with Crippen molar-refractivity contribution >= 4 is 34.3 Å². The molecule has 0 spiro atoms. The molecule has 0 atom stereocenters. The zero-order valence-electron chi connectivity index (χ0n) is 11.1. The molecule has 0 saturated heterocycles. The first-order valence-corrected chi connectivity index (χ1v) is 6.38. The molecular weight excluding hydrogens is 266 g/mol. The van der Waals surface area contributed by atoms with Crippen LogP contribution in [0.3, 0.4) is 0 Å². The Bertz CT molecular complexity index is 832. The molecule has 3 rings (SSSR count). The van der Waals surface area contributed by atoms with Crippen molar-refractivity contribution in [3.8, 4) is 0 Å². The summed E-state index contributed by atoms with van der Waals surface area (Å²) < 4.78 is 0. The van der Waals surface area contributed by atoms with Gasteiger partial charge in [0.15, 0.2) is 0 Å². The number of pyridine rings is 1. The Balaban J connectivity index is 2.13. The highest BCUT2D eigenvalue weighted by Gasteiger charge is 2.12. The molecule has 104 valence electrons. The van der Waals surface area contributed by atoms with Gasteiger partial charge in [-0.1, -0.05) is 12.1 Å². The van der Waals surface area contributed by atoms with Crippen LogP contribution in [0.2, 0.25) is 0 Å². The third kappa shape index (κ3) is 2.49. The van der Waals surface area contributed by atoms with Gasteiger partial charge >= 0.3 is 5.97 Å². The average molecular weight is 279 g/mol. The second-order valence-corrected chi connectivity index (χ2v) is 4.63. The first-order chi connectivity index (χ1) is 10.1. The number of nitrogens with two attached hydrogens (primary N) is 1. The van der Waals surface area contributed by atoms with Gasteiger partial charge in [0, 0.05) is 29.0 Å². The molecule has 2 aromatic heterocycles. The summed E-state index contributed by atoms with van der Waals surface area (Å²) in [5.74, 6) is -0.988. The SMILES string of the molecule is Nc1ccc(C(=Cc2c[nH]c3ncccc23)C(=O)O)cc1. The maximum atomic E-state index is 11.5. The molecule has 0 aliphatic carbocycles. The summed E-state index contributed by atoms with van der Waals surface area (Å²) >= 11 is 0. The highest BCUT2D eigenvalue weighted by molar-refractivity contribution is 6.21. The highest BCUT2D eigenvalue weighted by atomic mass is 16.4. The molecule has 5 heteroatoms. The zero-order chi connectivity index (χ0) is 14.8. The van der Waals surface area contributed by atoms with Crippen molar-refractivity contribution in [2.45, 2.75) is 0 Å². The van der Waals surface area contributed by atoms with Crippen LogP contribution >= 0.6 is 0 Å². The fourth-order valence-electron chi connectivity index (χ4n) is 2.18. The quantitative estimate of drug-likeness (QED) is 0.507. The summed E-state index contributed by atoms with van der Waals surface area (Å²) in [7, 11) is 0. The van der Waals surface area contributed by atoms with Crippen molar-refractivity contribution in [3.05, 3.63) is 59.9 Å². The van der Waals surface area contributed by atoms with Crippen LogP contribution in [0.1, 0.15) is 11.1 Å². The van der Waals surface area contributed by atoms with Crippen LogP contribution < -0.4 is 5.73 Å². The monoisotopic (exact) mass is 279 g/mol. The molecule has 2 heterocycles. The van der Waals surface area contributed by atoms with Crippen molar-refractivity contribution in [2.75, 3.05) is 5.73 Å². The normalized spacial score (nSPS) is 11.7. The minimum atomic E-state index is -0.988. The lowest BCUT2D eigenvalue weighted by molar-refractivity contribution is -0.130. The van der Waals surface area contributed by atoms with E-state index in [4.69, 9.17) is 5.73 Å². The number of anilines is 1. The van der Waals surface area contributed by atoms with E-state index in [0.29, 0.717) is 11.3 Å². The van der Waals surface area contributed by atoms with E-state index in [0.717, 1.165) is 16.6 Å². The minimum Gasteiger partial charge on any atom is -0.478 e. The number of aromatic nitrogens is 2. The van der Waals surface area contributed by atoms with Gasteiger partial charge in [-0.05, 0) is 35.9 Å². The van der Waals surface area contributed by atoms with Crippen LogP contribution in [0.4, 0.5) is 5.69 Å². The molecule has 4 N–H and O–H groups in total. The van der Waals surface area contributed by atoms with Crippen LogP contribution in [-0.2, 0) is 4.79 Å². The molecule has 0 amide bonds. The Hall–Kier alpha value is -3.08. The van der Waals surface area contributed by atoms with Crippen molar-refractivity contribution in [1.82, 2.24) is 9.97 Å². The van der Waals surface area contributed by atoms with E-state index in [-0.39, 0.29) is 5.57 Å². The molecule has 0 saturated carbocycles. The van der Waals surface area contributed by atoms with E-state index in [9.17, 15) is 9.90 Å². The molecule has 0 unspecified atom stereocenters. The fraction of sp³-hybridized carbons (Fsp3) is 0. The second kappa shape index (κ2) is 5.13. The van der Waals surface area contributed by atoms with Crippen molar-refractivity contribution in [3.63, 3.8) is 0 Å². The molecule has 5 nitrogen and oxygen atoms in total. The second-order valence-electron chi connectivity index (χ2n) is 4.63. The number of aromatic amines is 1. The molecule has 0 radical (unpaired) electrons. The number of carboxylic acid groups (broad SMARTS) is 1. The van der Waals surface area contributed by atoms with Gasteiger partial charge in [-0.25, -0.2) is 9.78 Å². The Morgan fingerprint density at radius 3 is 2.71 bits per heavy atom. The van der Waals surface area contributed by atoms with Gasteiger partial charge < -0.3 is 15.8 Å². The van der Waals surface area contributed by atoms with Gasteiger partial charge in [-0.15, -0.1) is 0 Å². The first-order valence-electron chi connectivity index (χ1n) is 6.38. The average Bonchev–Trinajstić information content (AvgIpc) is 2.89. The molecule has 0 bridgehead atoms. The lowest BCUT2D eigenvalue weighted by Crippen LogP contribution is -1.99. The Morgan fingerprint density at radius 1 is 1.24 bits per heavy atom. The maximum Gasteiger partial charge on any atom is 0.336 e. The van der Waals surface area contributed by atoms with Crippen LogP contribution in [0.25, 0.3) is 22.7 Å². The number of nitrogens with zero attached hydrogens (tertiary/aromatic N) is 1. The van der Waals surface area contributed by atoms with Crippen molar-refractivity contribution < 1.29 is 9.90 Å². The Kier molecular flexibility index (Phi) is 3.16. The van der Waals surface area contributed by atoms with Crippen LogP contribution in [-0.4, -0.2) is 21.0 Å². The summed E-state index contributed by atoms with van der Waals surface area (Å²) in [4.78, 5) is 18.7. The molecule has 1 aromatic carbocycles. The van der Waals surface area contributed by atoms with E-state index < -0.39 is 5.97 Å². The number of hydrogen-bond acceptors (Lipinski definition) is 3. The summed E-state index contributed by atoms with van der Waals surface area (Å²) in [6.45, 7) is 0. The van der Waals surface area contributed by atoms with E-state index in [2.05, 4.69) is 9.97 Å². The number of benzene rings is 1. The number of aliphatic carboxylic acids is 1. The minimum absolute atomic E-state index is 0.208. The molecule has 0 aliphatic heterocycles. The molecular formula is C16H13N3O2. The van der Waals surface area contributed by atoms with Crippen LogP contribution in [0, 0.1) is 0 Å². The molecule has 0 fully saturated rings. The topological polar surface area (TPSA) is 92.0 Å². The number of nitrogen functional groups attached to an aromatic ring is 1. The first kappa shape index (κ1) is 12.9. The van der Waals surface area contributed by atoms with Crippen LogP contribution in [0.5, 0.6) is 0 Å². The number of fused-ring (bicyclic) bond motifs is 1. The van der Waals surface area contributed by atoms with Gasteiger partial charge in [0.2, 0.25) is 0 Å². The number of nitrogens with one attached hydrogen (secondary N) is 1. The highest BCUT2D eigenvalue weighted by Crippen LogP contribution is 2.24. The van der Waals surface area contributed by atoms with Crippen molar-refractivity contribution in [2.24, 2.45) is 0 Å². The predicted molar refractivity (Wildman–Crippen MR) is 82.5 cm³/mol. The van der Waals surface area contributed by atoms with E-state index in [1.165, 1.54) is 0 Å². The van der Waals surface area contributed by atoms with Gasteiger partial charge in [-0.3, -0.25) is 0 Å². The lowest BCUT2D eigenvalue weighted by atomic mass is 10.0. The smallest absolute Gasteiger partial charge is 0.336 e. The molecule has 3 aromatic rings. The molecule has 21 heavy (non-hydrogen) atoms. The fourth-order valence-corrected chi connectivity index (χ4v) is 2.18. The molecule has 0 aliphatic rings. The number of rotatable bonds is 3. The largest absolute Gasteiger partial charge is 0.478 e. The summed E-state index contributed by atoms with van der Waals surface area (Å²) in [5, 5.41) is 10.3. The standard InChI is InChI=1S/C16H13N3O2/c17-12-5-3-10(4-6-12)14(16(20)21)8-11-9-19-15-13(11)2-1-7-18-15/h1-9H,17H2,(H,18,19)(H,20,21). The predicted octanol–water partition coefficient (Wildman–Crippen LogP) is 2.77. The van der Waals surface area contributed by atoms with Crippen molar-refractivity contribution in [1.29, 1.82) is 0 Å². The number of carboxylic acids is 1. The zero-order valence-corrected chi connectivity index (χ0v) is 11.1. The van der Waals surface area contributed by atoms with Gasteiger partial charge in [0.25, 0.3) is 0 Å². The van der Waals surface area contributed by atoms with E-state index >= 15 is 0 Å². The number of H-pyrrole nitrogens is 1. The third-order valence-electron chi connectivity index (χ3n) is 3.24. The summed E-state index contributed by atoms with van der Waals surface area (Å²) in [6, 6.07) is 10.5. The Morgan fingerprint density at radius 2 is 2.00 bits per heavy atom. The summed E-state index contributed by atoms with van der Waals surface area (Å²) in [5.41, 5.74) is 8.56. The number of carbonyl (C=O) groups is 1. The summed E-state index contributed by atoms with van der Waals surface area (Å²) in [6.07, 6.45) is 5.07. The maximum absolute atomic E-state index is 11.5. The van der Waals surface area contributed by atoms with E-state index in [1.54, 1.807) is 42.7 Å². The van der Waals surface area contributed by atoms with Gasteiger partial charge in [-0.2, -0.15) is 0 Å². The van der Waals surface area contributed by atoms with Crippen LogP contribution in [0.15, 0.2) is 48.8 Å². The lowest BCUT2D eigenvalue weighted by Gasteiger charge is -2.03. The van der Waals surface area contributed by atoms with E-state index in [1.807, 2.05) is 12.1 Å². The van der Waals surface area contributed by atoms with Gasteiger partial charge in [0.1, 0.15) is 5.65 Å². The third-order valence-corrected chi connectivity index (χ3v) is 3.24. The Labute approximate surface area is 120 Å². The van der Waals surface area contributed by atoms with Gasteiger partial charge in [0.05, 0.1) is 5.57 Å².